The number of nitrogens with one attached hydrogen (secondary N) is 1. The summed E-state index contributed by atoms with van der Waals surface area (Å²) in [5, 5.41) is 3.29. The monoisotopic (exact) mass is 279 g/mol. The molecule has 1 aromatic carbocycles. The van der Waals surface area contributed by atoms with Gasteiger partial charge in [0.2, 0.25) is 0 Å². The summed E-state index contributed by atoms with van der Waals surface area (Å²) in [6.07, 6.45) is 3.80. The van der Waals surface area contributed by atoms with Gasteiger partial charge in [0.05, 0.1) is 14.2 Å². The van der Waals surface area contributed by atoms with E-state index in [0.717, 1.165) is 11.8 Å². The van der Waals surface area contributed by atoms with Gasteiger partial charge in [0, 0.05) is 17.7 Å². The summed E-state index contributed by atoms with van der Waals surface area (Å²) in [6.45, 7) is 0. The van der Waals surface area contributed by atoms with Gasteiger partial charge in [-0.2, -0.15) is 0 Å². The maximum atomic E-state index is 14.4. The lowest BCUT2D eigenvalue weighted by Gasteiger charge is -2.26. The Morgan fingerprint density at radius 2 is 1.70 bits per heavy atom. The molecule has 4 heteroatoms. The van der Waals surface area contributed by atoms with Crippen LogP contribution in [0.5, 0.6) is 11.5 Å². The topological polar surface area (TPSA) is 30.5 Å². The molecule has 0 heterocycles. The molecule has 110 valence electrons. The van der Waals surface area contributed by atoms with Crippen LogP contribution in [0.25, 0.3) is 0 Å². The molecular formula is C16H22FNO2. The van der Waals surface area contributed by atoms with Crippen molar-refractivity contribution >= 4 is 0 Å². The average Bonchev–Trinajstić information content (AvgIpc) is 3.07. The molecule has 20 heavy (non-hydrogen) atoms. The molecule has 0 amide bonds. The van der Waals surface area contributed by atoms with Gasteiger partial charge in [-0.25, -0.2) is 4.39 Å². The number of ether oxygens (including phenoxy) is 2. The Balaban J connectivity index is 1.90. The molecule has 2 saturated carbocycles. The van der Waals surface area contributed by atoms with Crippen molar-refractivity contribution in [3.05, 3.63) is 23.5 Å². The predicted molar refractivity (Wildman–Crippen MR) is 75.6 cm³/mol. The largest absolute Gasteiger partial charge is 0.493 e. The van der Waals surface area contributed by atoms with Crippen LogP contribution in [0.4, 0.5) is 4.39 Å². The lowest BCUT2D eigenvalue weighted by atomic mass is 9.88. The van der Waals surface area contributed by atoms with Crippen LogP contribution in [0, 0.1) is 23.6 Å². The number of hydrogen-bond acceptors (Lipinski definition) is 3. The fourth-order valence-corrected chi connectivity index (χ4v) is 3.79. The summed E-state index contributed by atoms with van der Waals surface area (Å²) < 4.78 is 24.8. The zero-order valence-electron chi connectivity index (χ0n) is 12.3. The van der Waals surface area contributed by atoms with Crippen LogP contribution in [0.15, 0.2) is 12.1 Å². The summed E-state index contributed by atoms with van der Waals surface area (Å²) >= 11 is 0. The zero-order valence-corrected chi connectivity index (χ0v) is 12.3. The van der Waals surface area contributed by atoms with Gasteiger partial charge in [-0.1, -0.05) is 0 Å². The normalized spacial score (nSPS) is 28.9. The predicted octanol–water partition coefficient (Wildman–Crippen LogP) is 3.15. The van der Waals surface area contributed by atoms with Gasteiger partial charge in [-0.15, -0.1) is 0 Å². The summed E-state index contributed by atoms with van der Waals surface area (Å²) in [7, 11) is 5.01. The van der Waals surface area contributed by atoms with E-state index in [1.165, 1.54) is 32.4 Å². The second-order valence-corrected chi connectivity index (χ2v) is 5.98. The van der Waals surface area contributed by atoms with E-state index in [1.54, 1.807) is 13.2 Å². The number of benzene rings is 1. The van der Waals surface area contributed by atoms with Crippen LogP contribution < -0.4 is 14.8 Å². The molecule has 0 radical (unpaired) electrons. The summed E-state index contributed by atoms with van der Waals surface area (Å²) in [5.41, 5.74) is 0.691. The van der Waals surface area contributed by atoms with E-state index in [1.807, 2.05) is 7.05 Å². The molecule has 0 bridgehead atoms. The van der Waals surface area contributed by atoms with Gasteiger partial charge in [0.15, 0.2) is 11.5 Å². The number of methoxy groups -OCH3 is 2. The highest BCUT2D eigenvalue weighted by atomic mass is 19.1. The van der Waals surface area contributed by atoms with Gasteiger partial charge in [0.25, 0.3) is 0 Å². The van der Waals surface area contributed by atoms with Gasteiger partial charge < -0.3 is 14.8 Å². The SMILES string of the molecule is CNC(c1cc(OC)c(OC)cc1F)C1CC2CC2C1. The third-order valence-corrected chi connectivity index (χ3v) is 4.90. The lowest BCUT2D eigenvalue weighted by Crippen LogP contribution is -2.25. The van der Waals surface area contributed by atoms with Gasteiger partial charge in [-0.3, -0.25) is 0 Å². The molecule has 3 atom stereocenters. The molecule has 2 fully saturated rings. The maximum absolute atomic E-state index is 14.4. The zero-order chi connectivity index (χ0) is 14.3. The van der Waals surface area contributed by atoms with Crippen LogP contribution in [0.3, 0.4) is 0 Å². The average molecular weight is 279 g/mol. The van der Waals surface area contributed by atoms with Crippen LogP contribution in [-0.2, 0) is 0 Å². The van der Waals surface area contributed by atoms with Crippen molar-refractivity contribution in [2.24, 2.45) is 17.8 Å². The summed E-state index contributed by atoms with van der Waals surface area (Å²) in [6, 6.07) is 3.26. The van der Waals surface area contributed by atoms with E-state index >= 15 is 0 Å². The first-order valence-corrected chi connectivity index (χ1v) is 7.26. The van der Waals surface area contributed by atoms with Gasteiger partial charge in [0.1, 0.15) is 5.82 Å². The first-order chi connectivity index (χ1) is 9.67. The van der Waals surface area contributed by atoms with E-state index < -0.39 is 0 Å². The summed E-state index contributed by atoms with van der Waals surface area (Å²) in [4.78, 5) is 0. The van der Waals surface area contributed by atoms with E-state index in [4.69, 9.17) is 9.47 Å². The molecular weight excluding hydrogens is 257 g/mol. The van der Waals surface area contributed by atoms with Crippen molar-refractivity contribution in [2.75, 3.05) is 21.3 Å². The lowest BCUT2D eigenvalue weighted by molar-refractivity contribution is 0.334. The minimum atomic E-state index is -0.220. The molecule has 2 aliphatic carbocycles. The molecule has 0 spiro atoms. The van der Waals surface area contributed by atoms with Crippen molar-refractivity contribution < 1.29 is 13.9 Å². The number of halogens is 1. The smallest absolute Gasteiger partial charge is 0.163 e. The number of rotatable bonds is 5. The van der Waals surface area contributed by atoms with Crippen LogP contribution in [0.2, 0.25) is 0 Å². The molecule has 0 saturated heterocycles. The van der Waals surface area contributed by atoms with Crippen molar-refractivity contribution in [1.29, 1.82) is 0 Å². The third kappa shape index (κ3) is 2.26. The molecule has 3 unspecified atom stereocenters. The summed E-state index contributed by atoms with van der Waals surface area (Å²) in [5.74, 6) is 3.11. The minimum absolute atomic E-state index is 0.0580. The van der Waals surface area contributed by atoms with Crippen LogP contribution in [-0.4, -0.2) is 21.3 Å². The fraction of sp³-hybridized carbons (Fsp3) is 0.625. The van der Waals surface area contributed by atoms with E-state index in [2.05, 4.69) is 5.32 Å². The highest BCUT2D eigenvalue weighted by Crippen LogP contribution is 2.57. The fourth-order valence-electron chi connectivity index (χ4n) is 3.79. The molecule has 2 aliphatic rings. The highest BCUT2D eigenvalue weighted by molar-refractivity contribution is 5.45. The second-order valence-electron chi connectivity index (χ2n) is 5.98. The minimum Gasteiger partial charge on any atom is -0.493 e. The van der Waals surface area contributed by atoms with E-state index in [-0.39, 0.29) is 11.9 Å². The van der Waals surface area contributed by atoms with Crippen LogP contribution in [0.1, 0.15) is 30.9 Å². The first kappa shape index (κ1) is 13.7. The quantitative estimate of drug-likeness (QED) is 0.898. The standard InChI is InChI=1S/C16H22FNO2/c1-18-16(11-5-9-4-10(9)6-11)12-7-14(19-2)15(20-3)8-13(12)17/h7-11,16,18H,4-6H2,1-3H3. The van der Waals surface area contributed by atoms with Crippen LogP contribution >= 0.6 is 0 Å². The second kappa shape index (κ2) is 5.24. The maximum Gasteiger partial charge on any atom is 0.163 e. The molecule has 0 aromatic heterocycles. The Labute approximate surface area is 119 Å². The van der Waals surface area contributed by atoms with Crippen molar-refractivity contribution in [2.45, 2.75) is 25.3 Å². The Kier molecular flexibility index (Phi) is 3.59. The molecule has 1 N–H and O–H groups in total. The molecule has 1 aromatic rings. The van der Waals surface area contributed by atoms with E-state index in [0.29, 0.717) is 23.0 Å². The Bertz CT molecular complexity index is 495. The third-order valence-electron chi connectivity index (χ3n) is 4.90. The Morgan fingerprint density at radius 3 is 2.25 bits per heavy atom. The Hall–Kier alpha value is -1.29. The number of hydrogen-bond donors (Lipinski definition) is 1. The Morgan fingerprint density at radius 1 is 1.10 bits per heavy atom. The number of fused-ring (bicyclic) bond motifs is 1. The van der Waals surface area contributed by atoms with E-state index in [9.17, 15) is 4.39 Å². The molecule has 3 nitrogen and oxygen atoms in total. The first-order valence-electron chi connectivity index (χ1n) is 7.26. The van der Waals surface area contributed by atoms with Crippen molar-refractivity contribution in [3.63, 3.8) is 0 Å². The van der Waals surface area contributed by atoms with Crippen molar-refractivity contribution in [1.82, 2.24) is 5.32 Å². The molecule has 3 rings (SSSR count). The van der Waals surface area contributed by atoms with Gasteiger partial charge >= 0.3 is 0 Å². The van der Waals surface area contributed by atoms with Crippen molar-refractivity contribution in [3.8, 4) is 11.5 Å². The van der Waals surface area contributed by atoms with Gasteiger partial charge in [-0.05, 0) is 50.1 Å². The molecule has 0 aliphatic heterocycles. The highest BCUT2D eigenvalue weighted by Gasteiger charge is 2.48.